The summed E-state index contributed by atoms with van der Waals surface area (Å²) >= 11 is 0. The highest BCUT2D eigenvalue weighted by molar-refractivity contribution is 5.68. The second-order valence-corrected chi connectivity index (χ2v) is 6.02. The zero-order chi connectivity index (χ0) is 16.9. The third kappa shape index (κ3) is 3.49. The number of hydrogen-bond acceptors (Lipinski definition) is 3. The number of ether oxygens (including phenoxy) is 1. The summed E-state index contributed by atoms with van der Waals surface area (Å²) in [6, 6.07) is 18.1. The Labute approximate surface area is 142 Å². The van der Waals surface area contributed by atoms with Crippen LogP contribution in [0.5, 0.6) is 5.75 Å². The molecule has 0 saturated heterocycles. The van der Waals surface area contributed by atoms with E-state index in [0.29, 0.717) is 6.61 Å². The molecule has 24 heavy (non-hydrogen) atoms. The van der Waals surface area contributed by atoms with E-state index in [1.807, 2.05) is 59.3 Å². The van der Waals surface area contributed by atoms with Crippen molar-refractivity contribution in [2.45, 2.75) is 33.1 Å². The molecular weight excluding hydrogens is 300 g/mol. The normalized spacial score (nSPS) is 11.0. The molecule has 4 nitrogen and oxygen atoms in total. The molecule has 0 atom stereocenters. The van der Waals surface area contributed by atoms with Crippen LogP contribution in [0.3, 0.4) is 0 Å². The van der Waals surface area contributed by atoms with E-state index in [-0.39, 0.29) is 12.6 Å². The Morgan fingerprint density at radius 2 is 1.83 bits per heavy atom. The zero-order valence-corrected chi connectivity index (χ0v) is 14.0. The van der Waals surface area contributed by atoms with E-state index >= 15 is 0 Å². The fraction of sp³-hybridized carbons (Fsp3) is 0.250. The molecule has 0 unspecified atom stereocenters. The first-order chi connectivity index (χ1) is 11.7. The first-order valence-corrected chi connectivity index (χ1v) is 8.13. The molecule has 0 spiro atoms. The van der Waals surface area contributed by atoms with Gasteiger partial charge in [-0.3, -0.25) is 4.68 Å². The number of aliphatic hydroxyl groups is 1. The first-order valence-electron chi connectivity index (χ1n) is 8.13. The van der Waals surface area contributed by atoms with Crippen LogP contribution in [0.25, 0.3) is 11.3 Å². The number of hydrogen-bond donors (Lipinski definition) is 1. The Morgan fingerprint density at radius 1 is 1.04 bits per heavy atom. The topological polar surface area (TPSA) is 47.3 Å². The first kappa shape index (κ1) is 16.3. The zero-order valence-electron chi connectivity index (χ0n) is 14.0. The molecule has 1 N–H and O–H groups in total. The van der Waals surface area contributed by atoms with Crippen LogP contribution in [0.4, 0.5) is 0 Å². The van der Waals surface area contributed by atoms with Gasteiger partial charge in [-0.1, -0.05) is 36.4 Å². The number of nitrogens with zero attached hydrogens (tertiary/aromatic N) is 2. The maximum absolute atomic E-state index is 9.47. The van der Waals surface area contributed by atoms with E-state index < -0.39 is 0 Å². The summed E-state index contributed by atoms with van der Waals surface area (Å²) in [5.74, 6) is 0.790. The molecule has 0 saturated carbocycles. The SMILES string of the molecule is CC(C)n1nccc1-c1cc(CO)ccc1OCc1ccccc1. The maximum Gasteiger partial charge on any atom is 0.129 e. The smallest absolute Gasteiger partial charge is 0.129 e. The van der Waals surface area contributed by atoms with Gasteiger partial charge in [0.05, 0.1) is 12.3 Å². The monoisotopic (exact) mass is 322 g/mol. The van der Waals surface area contributed by atoms with Gasteiger partial charge in [0.2, 0.25) is 0 Å². The van der Waals surface area contributed by atoms with Gasteiger partial charge in [0.25, 0.3) is 0 Å². The van der Waals surface area contributed by atoms with Crippen molar-refractivity contribution in [2.24, 2.45) is 0 Å². The molecule has 0 fully saturated rings. The molecular formula is C20H22N2O2. The van der Waals surface area contributed by atoms with Crippen molar-refractivity contribution in [3.63, 3.8) is 0 Å². The van der Waals surface area contributed by atoms with E-state index in [1.165, 1.54) is 0 Å². The van der Waals surface area contributed by atoms with Crippen LogP contribution >= 0.6 is 0 Å². The highest BCUT2D eigenvalue weighted by Crippen LogP contribution is 2.33. The Hall–Kier alpha value is -2.59. The van der Waals surface area contributed by atoms with Crippen LogP contribution < -0.4 is 4.74 Å². The fourth-order valence-corrected chi connectivity index (χ4v) is 2.68. The number of aliphatic hydroxyl groups excluding tert-OH is 1. The number of benzene rings is 2. The molecule has 0 bridgehead atoms. The lowest BCUT2D eigenvalue weighted by Crippen LogP contribution is -2.06. The van der Waals surface area contributed by atoms with E-state index in [9.17, 15) is 5.11 Å². The van der Waals surface area contributed by atoms with Gasteiger partial charge in [0.15, 0.2) is 0 Å². The Morgan fingerprint density at radius 3 is 2.54 bits per heavy atom. The van der Waals surface area contributed by atoms with E-state index in [1.54, 1.807) is 6.20 Å². The summed E-state index contributed by atoms with van der Waals surface area (Å²) in [5, 5.41) is 13.9. The largest absolute Gasteiger partial charge is 0.488 e. The predicted octanol–water partition coefficient (Wildman–Crippen LogP) is 4.20. The molecule has 0 aliphatic heterocycles. The summed E-state index contributed by atoms with van der Waals surface area (Å²) in [6.45, 7) is 4.69. The predicted molar refractivity (Wildman–Crippen MR) is 94.7 cm³/mol. The third-order valence-corrected chi connectivity index (χ3v) is 3.90. The number of rotatable bonds is 6. The van der Waals surface area contributed by atoms with Crippen molar-refractivity contribution in [3.05, 3.63) is 71.9 Å². The molecule has 124 valence electrons. The minimum Gasteiger partial charge on any atom is -0.488 e. The fourth-order valence-electron chi connectivity index (χ4n) is 2.68. The Kier molecular flexibility index (Phi) is 4.96. The average Bonchev–Trinajstić information content (AvgIpc) is 3.10. The number of aromatic nitrogens is 2. The summed E-state index contributed by atoms with van der Waals surface area (Å²) in [6.07, 6.45) is 1.79. The summed E-state index contributed by atoms with van der Waals surface area (Å²) in [5.41, 5.74) is 3.91. The van der Waals surface area contributed by atoms with E-state index in [2.05, 4.69) is 18.9 Å². The standard InChI is InChI=1S/C20H22N2O2/c1-15(2)22-19(10-11-21-22)18-12-17(13-23)8-9-20(18)24-14-16-6-4-3-5-7-16/h3-12,15,23H,13-14H2,1-2H3. The summed E-state index contributed by atoms with van der Waals surface area (Å²) in [4.78, 5) is 0. The van der Waals surface area contributed by atoms with Crippen molar-refractivity contribution < 1.29 is 9.84 Å². The Bertz CT molecular complexity index is 794. The highest BCUT2D eigenvalue weighted by atomic mass is 16.5. The third-order valence-electron chi connectivity index (χ3n) is 3.90. The molecule has 3 aromatic rings. The van der Waals surface area contributed by atoms with Crippen LogP contribution in [0.15, 0.2) is 60.8 Å². The van der Waals surface area contributed by atoms with Crippen molar-refractivity contribution in [2.75, 3.05) is 0 Å². The van der Waals surface area contributed by atoms with Crippen molar-refractivity contribution in [1.82, 2.24) is 9.78 Å². The second-order valence-electron chi connectivity index (χ2n) is 6.02. The quantitative estimate of drug-likeness (QED) is 0.740. The van der Waals surface area contributed by atoms with Crippen LogP contribution in [0.1, 0.15) is 31.0 Å². The molecule has 0 amide bonds. The Balaban J connectivity index is 1.95. The van der Waals surface area contributed by atoms with Gasteiger partial charge in [-0.05, 0) is 43.2 Å². The second kappa shape index (κ2) is 7.32. The minimum atomic E-state index is 0.00177. The van der Waals surface area contributed by atoms with E-state index in [4.69, 9.17) is 4.74 Å². The summed E-state index contributed by atoms with van der Waals surface area (Å²) in [7, 11) is 0. The van der Waals surface area contributed by atoms with Gasteiger partial charge >= 0.3 is 0 Å². The average molecular weight is 322 g/mol. The van der Waals surface area contributed by atoms with Crippen LogP contribution in [-0.4, -0.2) is 14.9 Å². The summed E-state index contributed by atoms with van der Waals surface area (Å²) < 4.78 is 8.02. The molecule has 0 aliphatic carbocycles. The molecule has 2 aromatic carbocycles. The maximum atomic E-state index is 9.47. The molecule has 1 aromatic heterocycles. The molecule has 1 heterocycles. The van der Waals surface area contributed by atoms with Crippen LogP contribution in [-0.2, 0) is 13.2 Å². The van der Waals surface area contributed by atoms with Gasteiger partial charge in [-0.2, -0.15) is 5.10 Å². The van der Waals surface area contributed by atoms with Crippen LogP contribution in [0, 0.1) is 0 Å². The molecule has 3 rings (SSSR count). The van der Waals surface area contributed by atoms with Crippen molar-refractivity contribution in [1.29, 1.82) is 0 Å². The van der Waals surface area contributed by atoms with Gasteiger partial charge in [0.1, 0.15) is 12.4 Å². The van der Waals surface area contributed by atoms with Crippen LogP contribution in [0.2, 0.25) is 0 Å². The lowest BCUT2D eigenvalue weighted by atomic mass is 10.1. The molecule has 0 aliphatic rings. The van der Waals surface area contributed by atoms with Gasteiger partial charge in [0, 0.05) is 17.8 Å². The van der Waals surface area contributed by atoms with Crippen molar-refractivity contribution >= 4 is 0 Å². The van der Waals surface area contributed by atoms with Crippen molar-refractivity contribution in [3.8, 4) is 17.0 Å². The molecule has 4 heteroatoms. The van der Waals surface area contributed by atoms with Gasteiger partial charge in [-0.25, -0.2) is 0 Å². The lowest BCUT2D eigenvalue weighted by molar-refractivity contribution is 0.281. The minimum absolute atomic E-state index is 0.00177. The van der Waals surface area contributed by atoms with Gasteiger partial charge in [-0.15, -0.1) is 0 Å². The lowest BCUT2D eigenvalue weighted by Gasteiger charge is -2.16. The molecule has 0 radical (unpaired) electrons. The highest BCUT2D eigenvalue weighted by Gasteiger charge is 2.14. The van der Waals surface area contributed by atoms with E-state index in [0.717, 1.165) is 28.1 Å². The van der Waals surface area contributed by atoms with Gasteiger partial charge < -0.3 is 9.84 Å².